The summed E-state index contributed by atoms with van der Waals surface area (Å²) in [6, 6.07) is 9.98. The first-order valence-electron chi connectivity index (χ1n) is 3.82. The Kier molecular flexibility index (Phi) is 2.30. The van der Waals surface area contributed by atoms with Crippen LogP contribution < -0.4 is 5.73 Å². The fourth-order valence-corrected chi connectivity index (χ4v) is 2.00. The SMILES string of the molecule is Nc1cccc2cc(Br)c(Br)cc12. The Morgan fingerprint density at radius 3 is 2.46 bits per heavy atom. The van der Waals surface area contributed by atoms with Gasteiger partial charge in [0.05, 0.1) is 0 Å². The van der Waals surface area contributed by atoms with Gasteiger partial charge in [0.15, 0.2) is 0 Å². The van der Waals surface area contributed by atoms with Crippen LogP contribution in [0.4, 0.5) is 5.69 Å². The molecular formula is C10H7Br2N. The lowest BCUT2D eigenvalue weighted by Crippen LogP contribution is -1.86. The molecule has 0 aromatic heterocycles. The second-order valence-electron chi connectivity index (χ2n) is 2.83. The van der Waals surface area contributed by atoms with E-state index in [4.69, 9.17) is 5.73 Å². The number of halogens is 2. The van der Waals surface area contributed by atoms with Gasteiger partial charge in [-0.3, -0.25) is 0 Å². The lowest BCUT2D eigenvalue weighted by atomic mass is 10.1. The predicted octanol–water partition coefficient (Wildman–Crippen LogP) is 3.95. The first-order valence-corrected chi connectivity index (χ1v) is 5.40. The molecule has 0 aliphatic carbocycles. The van der Waals surface area contributed by atoms with E-state index in [1.54, 1.807) is 0 Å². The van der Waals surface area contributed by atoms with Crippen molar-refractivity contribution in [3.8, 4) is 0 Å². The summed E-state index contributed by atoms with van der Waals surface area (Å²) in [6.07, 6.45) is 0. The van der Waals surface area contributed by atoms with Gasteiger partial charge in [0.1, 0.15) is 0 Å². The monoisotopic (exact) mass is 299 g/mol. The quantitative estimate of drug-likeness (QED) is 0.733. The highest BCUT2D eigenvalue weighted by Gasteiger charge is 2.01. The maximum absolute atomic E-state index is 5.84. The summed E-state index contributed by atoms with van der Waals surface area (Å²) in [5, 5.41) is 2.23. The molecule has 0 fully saturated rings. The molecule has 2 aromatic carbocycles. The molecule has 66 valence electrons. The molecule has 0 aliphatic heterocycles. The molecule has 0 spiro atoms. The van der Waals surface area contributed by atoms with Gasteiger partial charge in [0, 0.05) is 20.0 Å². The predicted molar refractivity (Wildman–Crippen MR) is 63.8 cm³/mol. The number of hydrogen-bond donors (Lipinski definition) is 1. The minimum absolute atomic E-state index is 0.811. The molecule has 0 atom stereocenters. The molecule has 0 saturated carbocycles. The highest BCUT2D eigenvalue weighted by molar-refractivity contribution is 9.13. The first-order chi connectivity index (χ1) is 6.18. The van der Waals surface area contributed by atoms with E-state index in [9.17, 15) is 0 Å². The van der Waals surface area contributed by atoms with Crippen LogP contribution in [-0.2, 0) is 0 Å². The summed E-state index contributed by atoms with van der Waals surface area (Å²) >= 11 is 6.90. The molecule has 0 saturated heterocycles. The molecule has 0 amide bonds. The number of hydrogen-bond acceptors (Lipinski definition) is 1. The maximum atomic E-state index is 5.84. The zero-order valence-corrected chi connectivity index (χ0v) is 9.89. The number of anilines is 1. The summed E-state index contributed by atoms with van der Waals surface area (Å²) in [6.45, 7) is 0. The minimum Gasteiger partial charge on any atom is -0.398 e. The Morgan fingerprint density at radius 1 is 1.00 bits per heavy atom. The van der Waals surface area contributed by atoms with E-state index in [1.165, 1.54) is 0 Å². The number of fused-ring (bicyclic) bond motifs is 1. The van der Waals surface area contributed by atoms with Crippen LogP contribution in [0.1, 0.15) is 0 Å². The van der Waals surface area contributed by atoms with Gasteiger partial charge in [0.25, 0.3) is 0 Å². The highest BCUT2D eigenvalue weighted by atomic mass is 79.9. The van der Waals surface area contributed by atoms with Gasteiger partial charge in [-0.15, -0.1) is 0 Å². The van der Waals surface area contributed by atoms with Crippen LogP contribution in [0, 0.1) is 0 Å². The third-order valence-electron chi connectivity index (χ3n) is 1.96. The van der Waals surface area contributed by atoms with Crippen molar-refractivity contribution in [2.24, 2.45) is 0 Å². The Balaban J connectivity index is 2.89. The fraction of sp³-hybridized carbons (Fsp3) is 0. The van der Waals surface area contributed by atoms with E-state index in [0.717, 1.165) is 25.4 Å². The van der Waals surface area contributed by atoms with Gasteiger partial charge >= 0.3 is 0 Å². The summed E-state index contributed by atoms with van der Waals surface area (Å²) in [5.74, 6) is 0. The largest absolute Gasteiger partial charge is 0.398 e. The Hall–Kier alpha value is -0.540. The van der Waals surface area contributed by atoms with Crippen LogP contribution in [0.25, 0.3) is 10.8 Å². The van der Waals surface area contributed by atoms with Gasteiger partial charge in [0.2, 0.25) is 0 Å². The molecule has 0 heterocycles. The zero-order chi connectivity index (χ0) is 9.42. The third-order valence-corrected chi connectivity index (χ3v) is 3.80. The van der Waals surface area contributed by atoms with E-state index in [2.05, 4.69) is 37.9 Å². The van der Waals surface area contributed by atoms with Crippen LogP contribution in [-0.4, -0.2) is 0 Å². The lowest BCUT2D eigenvalue weighted by Gasteiger charge is -2.03. The Bertz CT molecular complexity index is 466. The second-order valence-corrected chi connectivity index (χ2v) is 4.54. The molecule has 0 aliphatic rings. The van der Waals surface area contributed by atoms with Gasteiger partial charge in [-0.25, -0.2) is 0 Å². The summed E-state index contributed by atoms with van der Waals surface area (Å²) in [4.78, 5) is 0. The van der Waals surface area contributed by atoms with Crippen LogP contribution in [0.2, 0.25) is 0 Å². The van der Waals surface area contributed by atoms with Gasteiger partial charge in [-0.05, 0) is 55.4 Å². The molecule has 1 nitrogen and oxygen atoms in total. The van der Waals surface area contributed by atoms with Crippen molar-refractivity contribution >= 4 is 48.3 Å². The van der Waals surface area contributed by atoms with Gasteiger partial charge in [-0.2, -0.15) is 0 Å². The van der Waals surface area contributed by atoms with Crippen molar-refractivity contribution < 1.29 is 0 Å². The van der Waals surface area contributed by atoms with Crippen LogP contribution in [0.15, 0.2) is 39.3 Å². The van der Waals surface area contributed by atoms with E-state index in [0.29, 0.717) is 0 Å². The van der Waals surface area contributed by atoms with Crippen LogP contribution >= 0.6 is 31.9 Å². The number of benzene rings is 2. The van der Waals surface area contributed by atoms with Gasteiger partial charge in [-0.1, -0.05) is 12.1 Å². The number of nitrogen functional groups attached to an aromatic ring is 1. The summed E-state index contributed by atoms with van der Waals surface area (Å²) in [7, 11) is 0. The van der Waals surface area contributed by atoms with E-state index < -0.39 is 0 Å². The molecular weight excluding hydrogens is 294 g/mol. The summed E-state index contributed by atoms with van der Waals surface area (Å²) in [5.41, 5.74) is 6.65. The smallest absolute Gasteiger partial charge is 0.0394 e. The average molecular weight is 301 g/mol. The minimum atomic E-state index is 0.811. The average Bonchev–Trinajstić information content (AvgIpc) is 2.09. The van der Waals surface area contributed by atoms with E-state index in [-0.39, 0.29) is 0 Å². The van der Waals surface area contributed by atoms with Gasteiger partial charge < -0.3 is 5.73 Å². The molecule has 13 heavy (non-hydrogen) atoms. The number of nitrogens with two attached hydrogens (primary N) is 1. The van der Waals surface area contributed by atoms with Crippen molar-refractivity contribution in [2.45, 2.75) is 0 Å². The number of rotatable bonds is 0. The molecule has 0 bridgehead atoms. The molecule has 2 rings (SSSR count). The Morgan fingerprint density at radius 2 is 1.69 bits per heavy atom. The topological polar surface area (TPSA) is 26.0 Å². The van der Waals surface area contributed by atoms with Crippen LogP contribution in [0.5, 0.6) is 0 Å². The van der Waals surface area contributed by atoms with E-state index >= 15 is 0 Å². The molecule has 2 N–H and O–H groups in total. The van der Waals surface area contributed by atoms with Crippen molar-refractivity contribution in [1.82, 2.24) is 0 Å². The molecule has 3 heteroatoms. The van der Waals surface area contributed by atoms with Crippen molar-refractivity contribution in [3.63, 3.8) is 0 Å². The molecule has 2 aromatic rings. The van der Waals surface area contributed by atoms with Crippen LogP contribution in [0.3, 0.4) is 0 Å². The van der Waals surface area contributed by atoms with E-state index in [1.807, 2.05) is 24.3 Å². The van der Waals surface area contributed by atoms with Crippen molar-refractivity contribution in [1.29, 1.82) is 0 Å². The third kappa shape index (κ3) is 1.58. The van der Waals surface area contributed by atoms with Crippen molar-refractivity contribution in [2.75, 3.05) is 5.73 Å². The summed E-state index contributed by atoms with van der Waals surface area (Å²) < 4.78 is 2.07. The second kappa shape index (κ2) is 3.31. The normalized spacial score (nSPS) is 10.6. The highest BCUT2D eigenvalue weighted by Crippen LogP contribution is 2.30. The Labute approximate surface area is 93.2 Å². The molecule has 0 unspecified atom stereocenters. The maximum Gasteiger partial charge on any atom is 0.0394 e. The first kappa shape index (κ1) is 9.03. The zero-order valence-electron chi connectivity index (χ0n) is 6.72. The van der Waals surface area contributed by atoms with Crippen molar-refractivity contribution in [3.05, 3.63) is 39.3 Å². The fourth-order valence-electron chi connectivity index (χ4n) is 1.30. The standard InChI is InChI=1S/C10H7Br2N/c11-8-4-6-2-1-3-10(13)7(6)5-9(8)12/h1-5H,13H2. The lowest BCUT2D eigenvalue weighted by molar-refractivity contribution is 1.64. The molecule has 0 radical (unpaired) electrons.